The number of carbonyl (C=O) groups excluding carboxylic acids is 1. The largest absolute Gasteiger partial charge is 0.465 e. The molecule has 0 spiro atoms. The number of nitrogen functional groups attached to an aromatic ring is 1. The van der Waals surface area contributed by atoms with Gasteiger partial charge in [0.2, 0.25) is 0 Å². The van der Waals surface area contributed by atoms with Gasteiger partial charge in [0.25, 0.3) is 0 Å². The molecule has 0 fully saturated rings. The third kappa shape index (κ3) is 4.90. The van der Waals surface area contributed by atoms with Gasteiger partial charge in [-0.15, -0.1) is 0 Å². The smallest absolute Gasteiger partial charge is 0.337 e. The molecule has 4 rings (SSSR count). The molecule has 31 heavy (non-hydrogen) atoms. The number of nitrogens with one attached hydrogen (secondary N) is 1. The van der Waals surface area contributed by atoms with E-state index < -0.39 is 0 Å². The van der Waals surface area contributed by atoms with Crippen molar-refractivity contribution >= 4 is 28.4 Å². The van der Waals surface area contributed by atoms with E-state index in [2.05, 4.69) is 15.3 Å². The van der Waals surface area contributed by atoms with Gasteiger partial charge in [0.1, 0.15) is 23.6 Å². The van der Waals surface area contributed by atoms with Gasteiger partial charge in [-0.3, -0.25) is 0 Å². The van der Waals surface area contributed by atoms with Crippen molar-refractivity contribution in [1.82, 2.24) is 9.97 Å². The van der Waals surface area contributed by atoms with Gasteiger partial charge in [-0.05, 0) is 66.6 Å². The Kier molecular flexibility index (Phi) is 5.93. The maximum absolute atomic E-state index is 11.5. The summed E-state index contributed by atoms with van der Waals surface area (Å²) < 4.78 is 10.6. The molecular weight excluding hydrogens is 392 g/mol. The third-order valence-corrected chi connectivity index (χ3v) is 4.78. The van der Waals surface area contributed by atoms with Crippen molar-refractivity contribution in [1.29, 1.82) is 0 Å². The number of aromatic nitrogens is 2. The summed E-state index contributed by atoms with van der Waals surface area (Å²) in [6.45, 7) is 0.693. The van der Waals surface area contributed by atoms with Gasteiger partial charge in [0.05, 0.1) is 18.2 Å². The second-order valence-electron chi connectivity index (χ2n) is 6.94. The zero-order valence-electron chi connectivity index (χ0n) is 17.0. The number of hydrogen-bond donors (Lipinski definition) is 2. The average molecular weight is 414 g/mol. The quantitative estimate of drug-likeness (QED) is 0.340. The number of nitrogens with zero attached hydrogens (tertiary/aromatic N) is 2. The summed E-state index contributed by atoms with van der Waals surface area (Å²) in [6, 6.07) is 20.3. The van der Waals surface area contributed by atoms with Gasteiger partial charge in [-0.2, -0.15) is 0 Å². The number of carbonyl (C=O) groups is 1. The molecule has 0 atom stereocenters. The number of ether oxygens (including phenoxy) is 2. The fourth-order valence-electron chi connectivity index (χ4n) is 3.22. The molecule has 0 unspecified atom stereocenters. The Morgan fingerprint density at radius 2 is 1.84 bits per heavy atom. The third-order valence-electron chi connectivity index (χ3n) is 4.78. The number of hydrogen-bond acceptors (Lipinski definition) is 7. The monoisotopic (exact) mass is 414 g/mol. The Labute approximate surface area is 179 Å². The molecule has 0 aliphatic rings. The topological polar surface area (TPSA) is 99.4 Å². The normalized spacial score (nSPS) is 10.6. The minimum Gasteiger partial charge on any atom is -0.465 e. The highest BCUT2D eigenvalue weighted by Gasteiger charge is 2.07. The Balaban J connectivity index is 1.39. The lowest BCUT2D eigenvalue weighted by Crippen LogP contribution is -2.07. The molecule has 0 amide bonds. The Morgan fingerprint density at radius 1 is 1.00 bits per heavy atom. The van der Waals surface area contributed by atoms with Crippen LogP contribution in [0.3, 0.4) is 0 Å². The summed E-state index contributed by atoms with van der Waals surface area (Å²) in [4.78, 5) is 20.2. The van der Waals surface area contributed by atoms with Crippen molar-refractivity contribution < 1.29 is 14.3 Å². The number of fused-ring (bicyclic) bond motifs is 1. The van der Waals surface area contributed by atoms with Crippen LogP contribution in [0.4, 0.5) is 11.5 Å². The van der Waals surface area contributed by atoms with Gasteiger partial charge >= 0.3 is 5.97 Å². The van der Waals surface area contributed by atoms with Crippen molar-refractivity contribution in [3.63, 3.8) is 0 Å². The highest BCUT2D eigenvalue weighted by Crippen LogP contribution is 2.24. The number of anilines is 2. The van der Waals surface area contributed by atoms with Crippen LogP contribution in [0.1, 0.15) is 15.9 Å². The molecule has 0 bridgehead atoms. The Bertz CT molecular complexity index is 1210. The summed E-state index contributed by atoms with van der Waals surface area (Å²) in [6.07, 6.45) is 2.33. The first kappa shape index (κ1) is 20.2. The van der Waals surface area contributed by atoms with E-state index in [0.717, 1.165) is 34.5 Å². The van der Waals surface area contributed by atoms with Crippen LogP contribution in [0.2, 0.25) is 0 Å². The van der Waals surface area contributed by atoms with Crippen LogP contribution in [-0.4, -0.2) is 29.6 Å². The predicted molar refractivity (Wildman–Crippen MR) is 120 cm³/mol. The van der Waals surface area contributed by atoms with Crippen LogP contribution in [0.5, 0.6) is 11.5 Å². The second kappa shape index (κ2) is 9.13. The molecule has 156 valence electrons. The van der Waals surface area contributed by atoms with Crippen molar-refractivity contribution in [3.05, 3.63) is 84.2 Å². The number of nitrogens with two attached hydrogens (primary N) is 1. The zero-order chi connectivity index (χ0) is 21.6. The summed E-state index contributed by atoms with van der Waals surface area (Å²) in [5.41, 5.74) is 9.03. The minimum absolute atomic E-state index is 0.375. The van der Waals surface area contributed by atoms with Crippen molar-refractivity contribution in [2.24, 2.45) is 0 Å². The SMILES string of the molecule is COC(=O)c1ccc(Oc2cccc(CCNc3ncnc4ccc(N)cc34)c2)cc1. The molecule has 7 heteroatoms. The van der Waals surface area contributed by atoms with Gasteiger partial charge in [-0.1, -0.05) is 12.1 Å². The summed E-state index contributed by atoms with van der Waals surface area (Å²) in [5.74, 6) is 1.76. The van der Waals surface area contributed by atoms with Crippen LogP contribution < -0.4 is 15.8 Å². The van der Waals surface area contributed by atoms with E-state index in [1.54, 1.807) is 30.6 Å². The number of rotatable bonds is 7. The predicted octanol–water partition coefficient (Wildman–Crippen LogP) is 4.45. The molecule has 1 aromatic heterocycles. The van der Waals surface area contributed by atoms with Gasteiger partial charge in [0, 0.05) is 17.6 Å². The van der Waals surface area contributed by atoms with Gasteiger partial charge in [-0.25, -0.2) is 14.8 Å². The molecule has 0 saturated heterocycles. The summed E-state index contributed by atoms with van der Waals surface area (Å²) >= 11 is 0. The number of esters is 1. The molecule has 0 radical (unpaired) electrons. The molecule has 0 aliphatic carbocycles. The maximum Gasteiger partial charge on any atom is 0.337 e. The number of benzene rings is 3. The summed E-state index contributed by atoms with van der Waals surface area (Å²) in [5, 5.41) is 4.26. The van der Waals surface area contributed by atoms with Crippen molar-refractivity contribution in [3.8, 4) is 11.5 Å². The standard InChI is InChI=1S/C24H22N4O3/c1-30-24(29)17-5-8-19(9-6-17)31-20-4-2-3-16(13-20)11-12-26-23-21-14-18(25)7-10-22(21)27-15-28-23/h2-10,13-15H,11-12,25H2,1H3,(H,26,27,28). The summed E-state index contributed by atoms with van der Waals surface area (Å²) in [7, 11) is 1.36. The zero-order valence-corrected chi connectivity index (χ0v) is 17.0. The van der Waals surface area contributed by atoms with Crippen LogP contribution >= 0.6 is 0 Å². The minimum atomic E-state index is -0.375. The first-order valence-electron chi connectivity index (χ1n) is 9.81. The van der Waals surface area contributed by atoms with E-state index in [1.807, 2.05) is 42.5 Å². The molecular formula is C24H22N4O3. The van der Waals surface area contributed by atoms with E-state index in [9.17, 15) is 4.79 Å². The van der Waals surface area contributed by atoms with E-state index in [0.29, 0.717) is 23.5 Å². The van der Waals surface area contributed by atoms with E-state index in [4.69, 9.17) is 15.2 Å². The lowest BCUT2D eigenvalue weighted by molar-refractivity contribution is 0.0600. The van der Waals surface area contributed by atoms with Crippen molar-refractivity contribution in [2.45, 2.75) is 6.42 Å². The highest BCUT2D eigenvalue weighted by atomic mass is 16.5. The van der Waals surface area contributed by atoms with E-state index in [-0.39, 0.29) is 5.97 Å². The fraction of sp³-hybridized carbons (Fsp3) is 0.125. The molecule has 0 saturated carbocycles. The Morgan fingerprint density at radius 3 is 2.65 bits per heavy atom. The van der Waals surface area contributed by atoms with Crippen LogP contribution in [0.25, 0.3) is 10.9 Å². The first-order chi connectivity index (χ1) is 15.1. The van der Waals surface area contributed by atoms with Crippen LogP contribution in [-0.2, 0) is 11.2 Å². The van der Waals surface area contributed by atoms with Crippen LogP contribution in [0.15, 0.2) is 73.1 Å². The number of methoxy groups -OCH3 is 1. The van der Waals surface area contributed by atoms with Crippen molar-refractivity contribution in [2.75, 3.05) is 24.7 Å². The molecule has 4 aromatic rings. The van der Waals surface area contributed by atoms with Gasteiger partial charge in [0.15, 0.2) is 0 Å². The van der Waals surface area contributed by atoms with E-state index >= 15 is 0 Å². The molecule has 7 nitrogen and oxygen atoms in total. The van der Waals surface area contributed by atoms with E-state index in [1.165, 1.54) is 7.11 Å². The lowest BCUT2D eigenvalue weighted by Gasteiger charge is -2.10. The maximum atomic E-state index is 11.5. The molecule has 3 aromatic carbocycles. The lowest BCUT2D eigenvalue weighted by atomic mass is 10.1. The second-order valence-corrected chi connectivity index (χ2v) is 6.94. The highest BCUT2D eigenvalue weighted by molar-refractivity contribution is 5.91. The molecule has 0 aliphatic heterocycles. The van der Waals surface area contributed by atoms with Crippen LogP contribution in [0, 0.1) is 0 Å². The average Bonchev–Trinajstić information content (AvgIpc) is 2.79. The first-order valence-corrected chi connectivity index (χ1v) is 9.81. The fourth-order valence-corrected chi connectivity index (χ4v) is 3.22. The molecule has 3 N–H and O–H groups in total. The van der Waals surface area contributed by atoms with Gasteiger partial charge < -0.3 is 20.5 Å². The Hall–Kier alpha value is -4.13. The molecule has 1 heterocycles.